The first-order chi connectivity index (χ1) is 2.64. The maximum atomic E-state index is 8.63. The molecule has 0 heterocycles. The van der Waals surface area contributed by atoms with E-state index in [0.717, 1.165) is 0 Å². The van der Waals surface area contributed by atoms with Gasteiger partial charge in [0, 0.05) is 0 Å². The fraction of sp³-hybridized carbons (Fsp3) is 1.00. The van der Waals surface area contributed by atoms with Crippen molar-refractivity contribution in [2.24, 2.45) is 5.92 Å². The van der Waals surface area contributed by atoms with Crippen LogP contribution in [0.5, 0.6) is 0 Å². The van der Waals surface area contributed by atoms with E-state index in [1.165, 1.54) is 0 Å². The third-order valence-corrected chi connectivity index (χ3v) is 0.965. The van der Waals surface area contributed by atoms with E-state index in [1.54, 1.807) is 6.92 Å². The van der Waals surface area contributed by atoms with E-state index >= 15 is 0 Å². The van der Waals surface area contributed by atoms with Crippen LogP contribution in [0.1, 0.15) is 28.2 Å². The number of rotatable bonds is 1. The minimum atomic E-state index is -0.148. The lowest BCUT2D eigenvalue weighted by Crippen LogP contribution is -2.07. The zero-order chi connectivity index (χ0) is 5.15. The molecule has 0 saturated carbocycles. The van der Waals surface area contributed by atoms with Crippen molar-refractivity contribution < 1.29 is 5.11 Å². The Morgan fingerprint density at radius 3 is 1.29 bits per heavy atom. The zero-order valence-corrected chi connectivity index (χ0v) is 4.60. The van der Waals surface area contributed by atoms with Crippen molar-refractivity contribution in [3.8, 4) is 0 Å². The molecule has 0 bridgehead atoms. The largest absolute Gasteiger partial charge is 0.393 e. The first-order valence-corrected chi connectivity index (χ1v) is 2.32. The van der Waals surface area contributed by atoms with Crippen molar-refractivity contribution in [3.63, 3.8) is 0 Å². The molecule has 0 aromatic carbocycles. The lowest BCUT2D eigenvalue weighted by molar-refractivity contribution is 0.144. The second kappa shape index (κ2) is 4.13. The first-order valence-electron chi connectivity index (χ1n) is 2.32. The molecule has 7 heavy (non-hydrogen) atoms. The van der Waals surface area contributed by atoms with E-state index in [4.69, 9.17) is 5.11 Å². The molecule has 0 aromatic rings. The summed E-state index contributed by atoms with van der Waals surface area (Å²) < 4.78 is 0. The van der Waals surface area contributed by atoms with Crippen LogP contribution in [-0.2, 0) is 0 Å². The van der Waals surface area contributed by atoms with Gasteiger partial charge in [0.15, 0.2) is 0 Å². The van der Waals surface area contributed by atoms with Crippen molar-refractivity contribution in [2.45, 2.75) is 34.3 Å². The van der Waals surface area contributed by atoms with Gasteiger partial charge in [-0.05, 0) is 12.8 Å². The van der Waals surface area contributed by atoms with Crippen LogP contribution in [0.25, 0.3) is 0 Å². The monoisotopic (exact) mass is 104 g/mol. The molecule has 0 aliphatic rings. The molecular formula is C6H16O. The summed E-state index contributed by atoms with van der Waals surface area (Å²) in [4.78, 5) is 0. The highest BCUT2D eigenvalue weighted by molar-refractivity contribution is 4.48. The smallest absolute Gasteiger partial charge is 0.0535 e. The Labute approximate surface area is 46.4 Å². The lowest BCUT2D eigenvalue weighted by atomic mass is 10.1. The molecule has 1 N–H and O–H groups in total. The second-order valence-corrected chi connectivity index (χ2v) is 1.98. The van der Waals surface area contributed by atoms with Gasteiger partial charge in [-0.1, -0.05) is 21.3 Å². The highest BCUT2D eigenvalue weighted by Crippen LogP contribution is 1.96. The number of hydrogen-bond donors (Lipinski definition) is 1. The molecule has 0 amide bonds. The predicted molar refractivity (Wildman–Crippen MR) is 33.2 cm³/mol. The van der Waals surface area contributed by atoms with Gasteiger partial charge in [-0.15, -0.1) is 0 Å². The van der Waals surface area contributed by atoms with Gasteiger partial charge < -0.3 is 5.11 Å². The summed E-state index contributed by atoms with van der Waals surface area (Å²) in [6.07, 6.45) is -0.148. The Morgan fingerprint density at radius 2 is 1.29 bits per heavy atom. The molecule has 1 atom stereocenters. The van der Waals surface area contributed by atoms with Crippen molar-refractivity contribution in [1.82, 2.24) is 0 Å². The molecule has 0 saturated heterocycles. The Morgan fingerprint density at radius 1 is 1.14 bits per heavy atom. The van der Waals surface area contributed by atoms with Crippen LogP contribution < -0.4 is 0 Å². The molecule has 0 aliphatic carbocycles. The van der Waals surface area contributed by atoms with Crippen LogP contribution in [0, 0.1) is 5.92 Å². The summed E-state index contributed by atoms with van der Waals surface area (Å²) in [5, 5.41) is 8.63. The van der Waals surface area contributed by atoms with Gasteiger partial charge in [-0.3, -0.25) is 0 Å². The van der Waals surface area contributed by atoms with E-state index < -0.39 is 0 Å². The van der Waals surface area contributed by atoms with Gasteiger partial charge in [0.1, 0.15) is 0 Å². The average Bonchev–Trinajstić information content (AvgIpc) is 1.36. The van der Waals surface area contributed by atoms with Crippen molar-refractivity contribution >= 4 is 0 Å². The SMILES string of the molecule is C.CC(C)C(C)O. The van der Waals surface area contributed by atoms with Gasteiger partial charge >= 0.3 is 0 Å². The normalized spacial score (nSPS) is 13.3. The third kappa shape index (κ3) is 5.96. The maximum absolute atomic E-state index is 8.63. The van der Waals surface area contributed by atoms with Crippen LogP contribution >= 0.6 is 0 Å². The Balaban J connectivity index is 0. The summed E-state index contributed by atoms with van der Waals surface area (Å²) in [6.45, 7) is 5.78. The van der Waals surface area contributed by atoms with Gasteiger partial charge in [-0.2, -0.15) is 0 Å². The molecular weight excluding hydrogens is 88.1 g/mol. The van der Waals surface area contributed by atoms with Gasteiger partial charge in [0.05, 0.1) is 6.10 Å². The molecule has 1 heteroatoms. The average molecular weight is 104 g/mol. The molecule has 1 unspecified atom stereocenters. The minimum absolute atomic E-state index is 0. The summed E-state index contributed by atoms with van der Waals surface area (Å²) in [6, 6.07) is 0. The third-order valence-electron chi connectivity index (χ3n) is 0.965. The molecule has 0 fully saturated rings. The van der Waals surface area contributed by atoms with E-state index in [-0.39, 0.29) is 13.5 Å². The quantitative estimate of drug-likeness (QED) is 0.536. The van der Waals surface area contributed by atoms with Crippen molar-refractivity contribution in [1.29, 1.82) is 0 Å². The van der Waals surface area contributed by atoms with Crippen LogP contribution in [0.4, 0.5) is 0 Å². The number of aliphatic hydroxyl groups is 1. The molecule has 0 spiro atoms. The Kier molecular flexibility index (Phi) is 5.93. The standard InChI is InChI=1S/C5H12O.CH4/c1-4(2)5(3)6;/h4-6H,1-3H3;1H4. The van der Waals surface area contributed by atoms with E-state index in [9.17, 15) is 0 Å². The molecule has 0 aliphatic heterocycles. The topological polar surface area (TPSA) is 20.2 Å². The zero-order valence-electron chi connectivity index (χ0n) is 4.60. The molecule has 0 radical (unpaired) electrons. The summed E-state index contributed by atoms with van der Waals surface area (Å²) in [5.74, 6) is 0.407. The van der Waals surface area contributed by atoms with Gasteiger partial charge in [0.2, 0.25) is 0 Å². The van der Waals surface area contributed by atoms with Crippen LogP contribution in [0.3, 0.4) is 0 Å². The fourth-order valence-corrected chi connectivity index (χ4v) is 0. The van der Waals surface area contributed by atoms with E-state index in [0.29, 0.717) is 5.92 Å². The van der Waals surface area contributed by atoms with E-state index in [2.05, 4.69) is 0 Å². The number of hydrogen-bond acceptors (Lipinski definition) is 1. The fourth-order valence-electron chi connectivity index (χ4n) is 0. The van der Waals surface area contributed by atoms with Crippen molar-refractivity contribution in [3.05, 3.63) is 0 Å². The maximum Gasteiger partial charge on any atom is 0.0535 e. The highest BCUT2D eigenvalue weighted by Gasteiger charge is 1.97. The Hall–Kier alpha value is -0.0400. The number of aliphatic hydroxyl groups excluding tert-OH is 1. The van der Waals surface area contributed by atoms with Crippen LogP contribution in [0.2, 0.25) is 0 Å². The lowest BCUT2D eigenvalue weighted by Gasteiger charge is -2.04. The van der Waals surface area contributed by atoms with Gasteiger partial charge in [0.25, 0.3) is 0 Å². The molecule has 0 rings (SSSR count). The molecule has 46 valence electrons. The highest BCUT2D eigenvalue weighted by atomic mass is 16.3. The second-order valence-electron chi connectivity index (χ2n) is 1.98. The van der Waals surface area contributed by atoms with Gasteiger partial charge in [-0.25, -0.2) is 0 Å². The van der Waals surface area contributed by atoms with Crippen molar-refractivity contribution in [2.75, 3.05) is 0 Å². The summed E-state index contributed by atoms with van der Waals surface area (Å²) in [5.41, 5.74) is 0. The van der Waals surface area contributed by atoms with E-state index in [1.807, 2.05) is 13.8 Å². The first kappa shape index (κ1) is 10.0. The Bertz CT molecular complexity index is 25.2. The minimum Gasteiger partial charge on any atom is -0.393 e. The molecule has 1 nitrogen and oxygen atoms in total. The van der Waals surface area contributed by atoms with Crippen LogP contribution in [0.15, 0.2) is 0 Å². The molecule has 0 aromatic heterocycles. The van der Waals surface area contributed by atoms with Crippen LogP contribution in [-0.4, -0.2) is 11.2 Å². The predicted octanol–water partition coefficient (Wildman–Crippen LogP) is 1.66. The summed E-state index contributed by atoms with van der Waals surface area (Å²) >= 11 is 0. The summed E-state index contributed by atoms with van der Waals surface area (Å²) in [7, 11) is 0.